The zero-order chi connectivity index (χ0) is 20.2. The van der Waals surface area contributed by atoms with Gasteiger partial charge in [0.1, 0.15) is 5.75 Å². The van der Waals surface area contributed by atoms with Crippen molar-refractivity contribution in [3.05, 3.63) is 66.2 Å². The van der Waals surface area contributed by atoms with Gasteiger partial charge in [0.25, 0.3) is 0 Å². The summed E-state index contributed by atoms with van der Waals surface area (Å²) < 4.78 is 8.43. The molecule has 3 aromatic carbocycles. The number of fused-ring (bicyclic) bond motifs is 3. The molecular weight excluding hydrogens is 358 g/mol. The molecule has 4 aromatic rings. The second kappa shape index (κ2) is 8.48. The Morgan fingerprint density at radius 2 is 1.45 bits per heavy atom. The van der Waals surface area contributed by atoms with Gasteiger partial charge in [0.05, 0.1) is 24.2 Å². The maximum Gasteiger partial charge on any atom is 0.124 e. The minimum Gasteiger partial charge on any atom is -0.493 e. The number of anilines is 2. The third-order valence-corrected chi connectivity index (χ3v) is 5.47. The Hall–Kier alpha value is -3.14. The molecule has 0 aliphatic carbocycles. The van der Waals surface area contributed by atoms with Crippen molar-refractivity contribution in [2.45, 2.75) is 39.2 Å². The summed E-state index contributed by atoms with van der Waals surface area (Å²) in [6.45, 7) is 3.68. The molecule has 0 spiro atoms. The van der Waals surface area contributed by atoms with Gasteiger partial charge in [-0.25, -0.2) is 0 Å². The molecule has 4 N–H and O–H groups in total. The Morgan fingerprint density at radius 1 is 0.793 bits per heavy atom. The first-order valence-corrected chi connectivity index (χ1v) is 10.4. The quantitative estimate of drug-likeness (QED) is 0.289. The van der Waals surface area contributed by atoms with Gasteiger partial charge in [-0.3, -0.25) is 0 Å². The Balaban J connectivity index is 1.71. The molecule has 1 heterocycles. The Labute approximate surface area is 172 Å². The lowest BCUT2D eigenvalue weighted by molar-refractivity contribution is 0.301. The number of nitrogens with zero attached hydrogens (tertiary/aromatic N) is 1. The van der Waals surface area contributed by atoms with E-state index in [0.29, 0.717) is 6.54 Å². The number of para-hydroxylation sites is 1. The molecule has 4 rings (SSSR count). The van der Waals surface area contributed by atoms with Crippen LogP contribution in [0.2, 0.25) is 0 Å². The maximum atomic E-state index is 6.14. The zero-order valence-corrected chi connectivity index (χ0v) is 17.0. The topological polar surface area (TPSA) is 66.2 Å². The smallest absolute Gasteiger partial charge is 0.124 e. The van der Waals surface area contributed by atoms with Gasteiger partial charge in [-0.15, -0.1) is 0 Å². The van der Waals surface area contributed by atoms with Crippen molar-refractivity contribution in [1.29, 1.82) is 0 Å². The Morgan fingerprint density at radius 3 is 2.10 bits per heavy atom. The molecule has 0 aliphatic rings. The van der Waals surface area contributed by atoms with Crippen LogP contribution in [0.4, 0.5) is 11.4 Å². The first-order chi connectivity index (χ1) is 14.2. The van der Waals surface area contributed by atoms with Crippen molar-refractivity contribution in [3.63, 3.8) is 0 Å². The van der Waals surface area contributed by atoms with Crippen LogP contribution in [0.1, 0.15) is 38.2 Å². The monoisotopic (exact) mass is 387 g/mol. The summed E-state index contributed by atoms with van der Waals surface area (Å²) in [6, 6.07) is 20.5. The number of rotatable bonds is 8. The highest BCUT2D eigenvalue weighted by Gasteiger charge is 2.13. The van der Waals surface area contributed by atoms with Gasteiger partial charge in [0.2, 0.25) is 0 Å². The molecule has 0 unspecified atom stereocenters. The van der Waals surface area contributed by atoms with E-state index in [4.69, 9.17) is 16.2 Å². The van der Waals surface area contributed by atoms with E-state index >= 15 is 0 Å². The highest BCUT2D eigenvalue weighted by molar-refractivity contribution is 6.09. The van der Waals surface area contributed by atoms with Crippen molar-refractivity contribution in [1.82, 2.24) is 4.57 Å². The molecule has 0 radical (unpaired) electrons. The number of hydrogen-bond acceptors (Lipinski definition) is 3. The summed E-state index contributed by atoms with van der Waals surface area (Å²) in [5.41, 5.74) is 17.1. The fraction of sp³-hybridized carbons (Fsp3) is 0.280. The standard InChI is InChI=1S/C25H29N3O/c1-2-3-4-7-14-29-25-9-6-5-8-18(25)17-28-23-15-19(26)10-12-21(23)22-13-11-20(27)16-24(22)28/h5-6,8-13,15-16H,2-4,7,14,17,26-27H2,1H3. The minimum atomic E-state index is 0.706. The number of aromatic nitrogens is 1. The average molecular weight is 388 g/mol. The molecule has 0 fully saturated rings. The van der Waals surface area contributed by atoms with Crippen molar-refractivity contribution >= 4 is 33.2 Å². The summed E-state index contributed by atoms with van der Waals surface area (Å²) in [6.07, 6.45) is 4.79. The van der Waals surface area contributed by atoms with Gasteiger partial charge in [0.15, 0.2) is 0 Å². The lowest BCUT2D eigenvalue weighted by Crippen LogP contribution is -2.05. The molecule has 0 aliphatic heterocycles. The highest BCUT2D eigenvalue weighted by Crippen LogP contribution is 2.33. The van der Waals surface area contributed by atoms with E-state index in [9.17, 15) is 0 Å². The minimum absolute atomic E-state index is 0.706. The predicted molar refractivity (Wildman–Crippen MR) is 123 cm³/mol. The van der Waals surface area contributed by atoms with E-state index in [2.05, 4.69) is 41.8 Å². The largest absolute Gasteiger partial charge is 0.493 e. The van der Waals surface area contributed by atoms with Gasteiger partial charge in [0, 0.05) is 27.7 Å². The van der Waals surface area contributed by atoms with Crippen LogP contribution in [0.3, 0.4) is 0 Å². The fourth-order valence-corrected chi connectivity index (χ4v) is 3.96. The second-order valence-corrected chi connectivity index (χ2v) is 7.66. The third kappa shape index (κ3) is 4.02. The van der Waals surface area contributed by atoms with E-state index < -0.39 is 0 Å². The average Bonchev–Trinajstić information content (AvgIpc) is 3.01. The lowest BCUT2D eigenvalue weighted by Gasteiger charge is -2.14. The normalized spacial score (nSPS) is 11.3. The van der Waals surface area contributed by atoms with Crippen LogP contribution in [0, 0.1) is 0 Å². The SMILES string of the molecule is CCCCCCOc1ccccc1Cn1c2cc(N)ccc2c2ccc(N)cc21. The number of unbranched alkanes of at least 4 members (excludes halogenated alkanes) is 3. The molecule has 29 heavy (non-hydrogen) atoms. The zero-order valence-electron chi connectivity index (χ0n) is 17.0. The van der Waals surface area contributed by atoms with Crippen LogP contribution in [-0.4, -0.2) is 11.2 Å². The highest BCUT2D eigenvalue weighted by atomic mass is 16.5. The van der Waals surface area contributed by atoms with Gasteiger partial charge >= 0.3 is 0 Å². The summed E-state index contributed by atoms with van der Waals surface area (Å²) in [5, 5.41) is 2.37. The molecule has 1 aromatic heterocycles. The summed E-state index contributed by atoms with van der Waals surface area (Å²) in [5.74, 6) is 0.951. The molecule has 0 amide bonds. The molecule has 0 bridgehead atoms. The number of hydrogen-bond donors (Lipinski definition) is 2. The van der Waals surface area contributed by atoms with Gasteiger partial charge < -0.3 is 20.8 Å². The summed E-state index contributed by atoms with van der Waals surface area (Å²) in [4.78, 5) is 0. The molecule has 4 nitrogen and oxygen atoms in total. The van der Waals surface area contributed by atoms with Crippen molar-refractivity contribution in [2.24, 2.45) is 0 Å². The van der Waals surface area contributed by atoms with Crippen molar-refractivity contribution in [3.8, 4) is 5.75 Å². The van der Waals surface area contributed by atoms with Crippen LogP contribution < -0.4 is 16.2 Å². The summed E-state index contributed by atoms with van der Waals surface area (Å²) in [7, 11) is 0. The molecule has 0 atom stereocenters. The third-order valence-electron chi connectivity index (χ3n) is 5.47. The van der Waals surface area contributed by atoms with Crippen LogP contribution in [0.5, 0.6) is 5.75 Å². The van der Waals surface area contributed by atoms with Gasteiger partial charge in [-0.2, -0.15) is 0 Å². The number of nitrogen functional groups attached to an aromatic ring is 2. The van der Waals surface area contributed by atoms with Crippen molar-refractivity contribution < 1.29 is 4.74 Å². The maximum absolute atomic E-state index is 6.14. The van der Waals surface area contributed by atoms with Crippen LogP contribution >= 0.6 is 0 Å². The molecular formula is C25H29N3O. The van der Waals surface area contributed by atoms with E-state index in [0.717, 1.165) is 46.7 Å². The molecule has 0 saturated heterocycles. The van der Waals surface area contributed by atoms with E-state index in [1.54, 1.807) is 0 Å². The first-order valence-electron chi connectivity index (χ1n) is 10.4. The fourth-order valence-electron chi connectivity index (χ4n) is 3.96. The predicted octanol–water partition coefficient (Wildman–Crippen LogP) is 5.97. The van der Waals surface area contributed by atoms with Crippen LogP contribution in [-0.2, 0) is 6.54 Å². The number of nitrogens with two attached hydrogens (primary N) is 2. The number of ether oxygens (including phenoxy) is 1. The first kappa shape index (κ1) is 19.2. The van der Waals surface area contributed by atoms with Crippen LogP contribution in [0.15, 0.2) is 60.7 Å². The van der Waals surface area contributed by atoms with E-state index in [1.165, 1.54) is 30.0 Å². The van der Waals surface area contributed by atoms with Crippen molar-refractivity contribution in [2.75, 3.05) is 18.1 Å². The lowest BCUT2D eigenvalue weighted by atomic mass is 10.1. The van der Waals surface area contributed by atoms with Gasteiger partial charge in [-0.1, -0.05) is 56.5 Å². The van der Waals surface area contributed by atoms with E-state index in [-0.39, 0.29) is 0 Å². The molecule has 0 saturated carbocycles. The second-order valence-electron chi connectivity index (χ2n) is 7.66. The summed E-state index contributed by atoms with van der Waals surface area (Å²) >= 11 is 0. The van der Waals surface area contributed by atoms with E-state index in [1.807, 2.05) is 30.3 Å². The molecule has 4 heteroatoms. The molecule has 150 valence electrons. The van der Waals surface area contributed by atoms with Crippen LogP contribution in [0.25, 0.3) is 21.8 Å². The van der Waals surface area contributed by atoms with Gasteiger partial charge in [-0.05, 0) is 36.8 Å². The Kier molecular flexibility index (Phi) is 5.61. The number of benzene rings is 3. The Bertz CT molecular complexity index is 1070.